The summed E-state index contributed by atoms with van der Waals surface area (Å²) in [5.74, 6) is -8.16. The molecule has 1 aromatic carbocycles. The maximum absolute atomic E-state index is 12.7. The molecule has 0 aromatic heterocycles. The maximum atomic E-state index is 12.7. The molecule has 0 bridgehead atoms. The zero-order chi connectivity index (χ0) is 26.3. The van der Waals surface area contributed by atoms with Gasteiger partial charge in [-0.1, -0.05) is 19.2 Å². The van der Waals surface area contributed by atoms with Gasteiger partial charge >= 0.3 is 35.8 Å². The molecule has 0 saturated carbocycles. The van der Waals surface area contributed by atoms with E-state index in [1.807, 2.05) is 0 Å². The Morgan fingerprint density at radius 3 is 2.17 bits per heavy atom. The first-order valence-corrected chi connectivity index (χ1v) is 10.4. The van der Waals surface area contributed by atoms with Gasteiger partial charge in [0.25, 0.3) is 0 Å². The molecule has 0 fully saturated rings. The summed E-state index contributed by atoms with van der Waals surface area (Å²) in [5.41, 5.74) is -0.796. The highest BCUT2D eigenvalue weighted by Crippen LogP contribution is 2.30. The van der Waals surface area contributed by atoms with Crippen LogP contribution in [-0.2, 0) is 44.5 Å². The van der Waals surface area contributed by atoms with Gasteiger partial charge in [-0.15, -0.1) is 0 Å². The van der Waals surface area contributed by atoms with Gasteiger partial charge < -0.3 is 24.1 Å². The molecule has 11 nitrogen and oxygen atoms in total. The molecule has 1 unspecified atom stereocenters. The third-order valence-electron chi connectivity index (χ3n) is 4.83. The Balaban J connectivity index is 2.27. The molecule has 35 heavy (non-hydrogen) atoms. The molecule has 0 amide bonds. The molecule has 0 spiro atoms. The lowest BCUT2D eigenvalue weighted by Gasteiger charge is -2.18. The number of ether oxygens (including phenoxy) is 4. The number of carbonyl (C=O) groups is 6. The largest absolute Gasteiger partial charge is 0.507 e. The monoisotopic (exact) mass is 488 g/mol. The first kappa shape index (κ1) is 27.0. The lowest BCUT2D eigenvalue weighted by Crippen LogP contribution is -2.30. The molecule has 1 aliphatic heterocycles. The molecule has 0 radical (unpaired) electrons. The van der Waals surface area contributed by atoms with Gasteiger partial charge in [0.15, 0.2) is 0 Å². The van der Waals surface area contributed by atoms with E-state index in [4.69, 9.17) is 18.9 Å². The Morgan fingerprint density at radius 1 is 0.971 bits per heavy atom. The summed E-state index contributed by atoms with van der Waals surface area (Å²) in [6.07, 6.45) is -0.874. The van der Waals surface area contributed by atoms with Crippen LogP contribution in [0, 0.1) is 5.92 Å². The number of hydrogen-bond acceptors (Lipinski definition) is 11. The fraction of sp³-hybridized carbons (Fsp3) is 0.333. The van der Waals surface area contributed by atoms with Crippen LogP contribution in [-0.4, -0.2) is 54.1 Å². The molecule has 0 aliphatic carbocycles. The number of benzene rings is 1. The summed E-state index contributed by atoms with van der Waals surface area (Å²) in [7, 11) is 0. The molecule has 1 aromatic rings. The number of aromatic hydroxyl groups is 1. The van der Waals surface area contributed by atoms with Crippen LogP contribution in [0.2, 0.25) is 0 Å². The van der Waals surface area contributed by atoms with Crippen LogP contribution in [0.3, 0.4) is 0 Å². The van der Waals surface area contributed by atoms with Gasteiger partial charge in [0, 0.05) is 17.6 Å². The number of fused-ring (bicyclic) bond motifs is 1. The molecule has 2 rings (SSSR count). The van der Waals surface area contributed by atoms with E-state index in [2.05, 4.69) is 13.2 Å². The normalized spacial score (nSPS) is 15.9. The predicted octanol–water partition coefficient (Wildman–Crippen LogP) is 1.95. The summed E-state index contributed by atoms with van der Waals surface area (Å²) < 4.78 is 19.4. The van der Waals surface area contributed by atoms with E-state index in [1.54, 1.807) is 0 Å². The van der Waals surface area contributed by atoms with Gasteiger partial charge in [0.1, 0.15) is 11.3 Å². The van der Waals surface area contributed by atoms with Crippen LogP contribution >= 0.6 is 0 Å². The van der Waals surface area contributed by atoms with Gasteiger partial charge in [0.05, 0.1) is 31.1 Å². The van der Waals surface area contributed by atoms with E-state index in [1.165, 1.54) is 19.9 Å². The average Bonchev–Trinajstić information content (AvgIpc) is 2.77. The van der Waals surface area contributed by atoms with Gasteiger partial charge in [-0.2, -0.15) is 0 Å². The highest BCUT2D eigenvalue weighted by atomic mass is 16.6. The Kier molecular flexibility index (Phi) is 9.04. The Morgan fingerprint density at radius 2 is 1.57 bits per heavy atom. The van der Waals surface area contributed by atoms with Crippen molar-refractivity contribution in [2.75, 3.05) is 13.2 Å². The summed E-state index contributed by atoms with van der Waals surface area (Å²) in [4.78, 5) is 73.0. The van der Waals surface area contributed by atoms with Gasteiger partial charge in [-0.05, 0) is 31.9 Å². The van der Waals surface area contributed by atoms with E-state index in [0.717, 1.165) is 6.07 Å². The number of hydrogen-bond donors (Lipinski definition) is 1. The standard InChI is InChI=1S/C24H24O11/c1-12(2)20(27)32-9-7-14-5-6-16-18(19(14)26)24(31)35-22(29)15(11-17(25)34-23(16)30)8-10-33-21(28)13(3)4/h5-6,15,26H,1,3,7-11H2,2,4H3. The first-order valence-electron chi connectivity index (χ1n) is 10.4. The Labute approximate surface area is 200 Å². The number of carbonyl (C=O) groups excluding carboxylic acids is 6. The predicted molar refractivity (Wildman–Crippen MR) is 117 cm³/mol. The Bertz CT molecular complexity index is 1110. The second kappa shape index (κ2) is 11.7. The van der Waals surface area contributed by atoms with Crippen molar-refractivity contribution in [3.05, 3.63) is 53.1 Å². The second-order valence-corrected chi connectivity index (χ2v) is 7.74. The van der Waals surface area contributed by atoms with Gasteiger partial charge in [0.2, 0.25) is 0 Å². The highest BCUT2D eigenvalue weighted by molar-refractivity contribution is 6.10. The van der Waals surface area contributed by atoms with E-state index < -0.39 is 65.0 Å². The first-order chi connectivity index (χ1) is 16.4. The summed E-state index contributed by atoms with van der Waals surface area (Å²) in [6, 6.07) is 2.39. The SMILES string of the molecule is C=C(C)C(=O)OCCc1ccc2c(c1O)C(=O)OC(=O)C(CCOC(=O)C(=C)C)CC(=O)OC2=O. The van der Waals surface area contributed by atoms with E-state index >= 15 is 0 Å². The van der Waals surface area contributed by atoms with Crippen LogP contribution in [0.1, 0.15) is 53.0 Å². The molecule has 0 saturated heterocycles. The topological polar surface area (TPSA) is 160 Å². The van der Waals surface area contributed by atoms with Crippen LogP contribution in [0.15, 0.2) is 36.4 Å². The molecule has 1 atom stereocenters. The van der Waals surface area contributed by atoms with Crippen molar-refractivity contribution >= 4 is 35.8 Å². The third kappa shape index (κ3) is 7.10. The van der Waals surface area contributed by atoms with Crippen LogP contribution in [0.25, 0.3) is 0 Å². The summed E-state index contributed by atoms with van der Waals surface area (Å²) in [5, 5.41) is 10.6. The van der Waals surface area contributed by atoms with Crippen molar-refractivity contribution in [2.45, 2.75) is 33.1 Å². The van der Waals surface area contributed by atoms with Crippen LogP contribution < -0.4 is 0 Å². The quantitative estimate of drug-likeness (QED) is 0.246. The van der Waals surface area contributed by atoms with Crippen molar-refractivity contribution in [1.82, 2.24) is 0 Å². The average molecular weight is 488 g/mol. The van der Waals surface area contributed by atoms with Crippen LogP contribution in [0.5, 0.6) is 5.75 Å². The number of phenolic OH excluding ortho intramolecular Hbond substituents is 1. The fourth-order valence-electron chi connectivity index (χ4n) is 2.94. The third-order valence-corrected chi connectivity index (χ3v) is 4.83. The van der Waals surface area contributed by atoms with Crippen molar-refractivity contribution in [2.24, 2.45) is 5.92 Å². The molecule has 1 aliphatic rings. The fourth-order valence-corrected chi connectivity index (χ4v) is 2.94. The Hall–Kier alpha value is -4.28. The van der Waals surface area contributed by atoms with Gasteiger partial charge in [-0.3, -0.25) is 9.59 Å². The van der Waals surface area contributed by atoms with Crippen molar-refractivity contribution in [3.8, 4) is 5.75 Å². The summed E-state index contributed by atoms with van der Waals surface area (Å²) >= 11 is 0. The lowest BCUT2D eigenvalue weighted by atomic mass is 9.99. The zero-order valence-corrected chi connectivity index (χ0v) is 19.2. The van der Waals surface area contributed by atoms with Gasteiger partial charge in [-0.25, -0.2) is 19.2 Å². The minimum absolute atomic E-state index is 0.0515. The number of esters is 6. The van der Waals surface area contributed by atoms with E-state index in [0.29, 0.717) is 0 Å². The molecule has 186 valence electrons. The summed E-state index contributed by atoms with van der Waals surface area (Å²) in [6.45, 7) is 9.25. The minimum Gasteiger partial charge on any atom is -0.507 e. The molecule has 11 heteroatoms. The van der Waals surface area contributed by atoms with Crippen LogP contribution in [0.4, 0.5) is 0 Å². The minimum atomic E-state index is -1.35. The van der Waals surface area contributed by atoms with Crippen molar-refractivity contribution in [1.29, 1.82) is 0 Å². The lowest BCUT2D eigenvalue weighted by molar-refractivity contribution is -0.151. The number of phenols is 1. The highest BCUT2D eigenvalue weighted by Gasteiger charge is 2.34. The molecular weight excluding hydrogens is 464 g/mol. The maximum Gasteiger partial charge on any atom is 0.350 e. The molecule has 1 N–H and O–H groups in total. The van der Waals surface area contributed by atoms with E-state index in [9.17, 15) is 33.9 Å². The van der Waals surface area contributed by atoms with E-state index in [-0.39, 0.29) is 42.8 Å². The van der Waals surface area contributed by atoms with Crippen molar-refractivity contribution < 1.29 is 52.8 Å². The zero-order valence-electron chi connectivity index (χ0n) is 19.2. The molecule has 1 heterocycles. The number of rotatable bonds is 8. The smallest absolute Gasteiger partial charge is 0.350 e. The number of cyclic esters (lactones) is 4. The molecular formula is C24H24O11. The second-order valence-electron chi connectivity index (χ2n) is 7.74. The van der Waals surface area contributed by atoms with Crippen molar-refractivity contribution in [3.63, 3.8) is 0 Å².